The number of para-hydroxylation sites is 5. The van der Waals surface area contributed by atoms with Crippen LogP contribution in [-0.4, -0.2) is 36.1 Å². The molecule has 0 saturated heterocycles. The summed E-state index contributed by atoms with van der Waals surface area (Å²) in [5.74, 6) is 0.938. The van der Waals surface area contributed by atoms with Crippen molar-refractivity contribution in [1.82, 2.24) is 23.2 Å². The van der Waals surface area contributed by atoms with Gasteiger partial charge in [-0.25, -0.2) is 4.99 Å². The average Bonchev–Trinajstić information content (AvgIpc) is 3.74. The molecule has 0 N–H and O–H groups in total. The molecule has 78 heavy (non-hydrogen) atoms. The monoisotopic (exact) mass is 998 g/mol. The zero-order chi connectivity index (χ0) is 51.6. The van der Waals surface area contributed by atoms with Crippen LogP contribution in [0, 0.1) is 6.92 Å². The standard InChI is InChI=1S/C72H50N6/c1-46-42-66-69(56-33-19-21-35-61(56)75(66)50-26-12-5-13-27-50)71-67(46)58-44-53(37-40-62(58)78(71)52-30-16-7-17-31-52)76-63-41-39-55-54-32-18-20-34-60(54)77(51-28-14-6-15-29-51)70(55)68(63)57-38-36-49(43-65(57)76)59-45-64(47-22-8-3-9-23-47)74(2)72(73-59)48-24-10-4-11-25-48/h3-45,64H,1-2H3. The maximum Gasteiger partial charge on any atom is 0.137 e. The fourth-order valence-corrected chi connectivity index (χ4v) is 13.1. The van der Waals surface area contributed by atoms with Crippen molar-refractivity contribution >= 4 is 98.8 Å². The van der Waals surface area contributed by atoms with Crippen molar-refractivity contribution < 1.29 is 0 Å². The summed E-state index contributed by atoms with van der Waals surface area (Å²) in [4.78, 5) is 7.85. The number of amidine groups is 1. The van der Waals surface area contributed by atoms with Gasteiger partial charge in [0.05, 0.1) is 55.9 Å². The highest BCUT2D eigenvalue weighted by Gasteiger charge is 2.28. The fourth-order valence-electron chi connectivity index (χ4n) is 13.1. The summed E-state index contributed by atoms with van der Waals surface area (Å²) in [6.45, 7) is 2.30. The Balaban J connectivity index is 1.02. The molecule has 16 rings (SSSR count). The van der Waals surface area contributed by atoms with E-state index in [4.69, 9.17) is 4.99 Å². The van der Waals surface area contributed by atoms with Gasteiger partial charge >= 0.3 is 0 Å². The molecule has 15 aromatic rings. The van der Waals surface area contributed by atoms with Crippen molar-refractivity contribution in [3.8, 4) is 22.7 Å². The van der Waals surface area contributed by atoms with Gasteiger partial charge in [-0.05, 0) is 109 Å². The molecule has 0 fully saturated rings. The first-order chi connectivity index (χ1) is 38.6. The molecule has 5 heterocycles. The molecule has 0 bridgehead atoms. The van der Waals surface area contributed by atoms with Crippen LogP contribution in [0.4, 0.5) is 0 Å². The maximum absolute atomic E-state index is 5.54. The van der Waals surface area contributed by atoms with E-state index in [0.29, 0.717) is 0 Å². The first-order valence-corrected chi connectivity index (χ1v) is 26.9. The summed E-state index contributed by atoms with van der Waals surface area (Å²) >= 11 is 0. The van der Waals surface area contributed by atoms with Crippen LogP contribution < -0.4 is 0 Å². The van der Waals surface area contributed by atoms with Gasteiger partial charge in [-0.15, -0.1) is 0 Å². The van der Waals surface area contributed by atoms with Crippen molar-refractivity contribution in [3.63, 3.8) is 0 Å². The summed E-state index contributed by atoms with van der Waals surface area (Å²) in [5, 5.41) is 9.76. The minimum Gasteiger partial charge on any atom is -0.349 e. The van der Waals surface area contributed by atoms with Gasteiger partial charge in [0.15, 0.2) is 0 Å². The highest BCUT2D eigenvalue weighted by molar-refractivity contribution is 6.29. The topological polar surface area (TPSA) is 35.3 Å². The molecular formula is C72H50N6. The fraction of sp³-hybridized carbons (Fsp3) is 0.0417. The number of nitrogens with zero attached hydrogens (tertiary/aromatic N) is 6. The predicted octanol–water partition coefficient (Wildman–Crippen LogP) is 17.9. The Hall–Kier alpha value is -10.2. The number of benzene rings is 11. The molecule has 6 nitrogen and oxygen atoms in total. The van der Waals surface area contributed by atoms with Crippen LogP contribution in [0.25, 0.3) is 116 Å². The van der Waals surface area contributed by atoms with Crippen molar-refractivity contribution in [1.29, 1.82) is 0 Å². The van der Waals surface area contributed by atoms with E-state index in [-0.39, 0.29) is 6.04 Å². The third kappa shape index (κ3) is 6.47. The third-order valence-corrected chi connectivity index (χ3v) is 16.5. The highest BCUT2D eigenvalue weighted by atomic mass is 15.2. The molecule has 1 unspecified atom stereocenters. The first kappa shape index (κ1) is 44.2. The number of aliphatic imine (C=N–C) groups is 1. The van der Waals surface area contributed by atoms with Crippen LogP contribution in [0.5, 0.6) is 0 Å². The Morgan fingerprint density at radius 2 is 0.846 bits per heavy atom. The molecule has 6 heteroatoms. The largest absolute Gasteiger partial charge is 0.349 e. The molecule has 0 saturated carbocycles. The number of rotatable bonds is 7. The third-order valence-electron chi connectivity index (χ3n) is 16.5. The predicted molar refractivity (Wildman–Crippen MR) is 326 cm³/mol. The molecule has 0 spiro atoms. The van der Waals surface area contributed by atoms with Gasteiger partial charge in [0.2, 0.25) is 0 Å². The van der Waals surface area contributed by atoms with Crippen molar-refractivity contribution in [2.45, 2.75) is 13.0 Å². The lowest BCUT2D eigenvalue weighted by Crippen LogP contribution is -2.33. The van der Waals surface area contributed by atoms with Crippen LogP contribution >= 0.6 is 0 Å². The quantitative estimate of drug-likeness (QED) is 0.157. The summed E-state index contributed by atoms with van der Waals surface area (Å²) in [7, 11) is 2.16. The molecule has 0 aliphatic carbocycles. The van der Waals surface area contributed by atoms with E-state index in [1.54, 1.807) is 0 Å². The summed E-state index contributed by atoms with van der Waals surface area (Å²) in [5.41, 5.74) is 19.4. The zero-order valence-electron chi connectivity index (χ0n) is 43.1. The number of fused-ring (bicyclic) bond motifs is 14. The van der Waals surface area contributed by atoms with Gasteiger partial charge in [-0.1, -0.05) is 170 Å². The Bertz CT molecular complexity index is 4960. The van der Waals surface area contributed by atoms with Crippen molar-refractivity contribution in [3.05, 3.63) is 283 Å². The Kier molecular flexibility index (Phi) is 9.73. The Morgan fingerprint density at radius 3 is 1.54 bits per heavy atom. The van der Waals surface area contributed by atoms with E-state index < -0.39 is 0 Å². The van der Waals surface area contributed by atoms with Crippen LogP contribution in [0.2, 0.25) is 0 Å². The molecule has 11 aromatic carbocycles. The molecular weight excluding hydrogens is 949 g/mol. The highest BCUT2D eigenvalue weighted by Crippen LogP contribution is 2.47. The van der Waals surface area contributed by atoms with Crippen molar-refractivity contribution in [2.75, 3.05) is 7.05 Å². The van der Waals surface area contributed by atoms with E-state index in [2.05, 4.69) is 298 Å². The van der Waals surface area contributed by atoms with E-state index in [0.717, 1.165) is 62.0 Å². The average molecular weight is 999 g/mol. The summed E-state index contributed by atoms with van der Waals surface area (Å²) in [6, 6.07) is 93.0. The summed E-state index contributed by atoms with van der Waals surface area (Å²) < 4.78 is 9.94. The normalized spacial score (nSPS) is 14.0. The van der Waals surface area contributed by atoms with Crippen molar-refractivity contribution in [2.24, 2.45) is 4.99 Å². The Morgan fingerprint density at radius 1 is 0.333 bits per heavy atom. The number of hydrogen-bond acceptors (Lipinski definition) is 2. The van der Waals surface area contributed by atoms with Gasteiger partial charge < -0.3 is 23.2 Å². The van der Waals surface area contributed by atoms with Crippen LogP contribution in [0.15, 0.2) is 266 Å². The van der Waals surface area contributed by atoms with Crippen LogP contribution in [0.3, 0.4) is 0 Å². The van der Waals surface area contributed by atoms with Gasteiger partial charge in [-0.3, -0.25) is 0 Å². The van der Waals surface area contributed by atoms with E-state index in [1.807, 2.05) is 0 Å². The second-order valence-corrected chi connectivity index (χ2v) is 20.8. The molecule has 1 atom stereocenters. The number of hydrogen-bond donors (Lipinski definition) is 0. The molecule has 0 amide bonds. The van der Waals surface area contributed by atoms with E-state index >= 15 is 0 Å². The van der Waals surface area contributed by atoms with Crippen LogP contribution in [-0.2, 0) is 0 Å². The second-order valence-electron chi connectivity index (χ2n) is 20.8. The van der Waals surface area contributed by atoms with E-state index in [9.17, 15) is 0 Å². The molecule has 1 aliphatic rings. The molecule has 4 aromatic heterocycles. The maximum atomic E-state index is 5.54. The summed E-state index contributed by atoms with van der Waals surface area (Å²) in [6.07, 6.45) is 2.34. The van der Waals surface area contributed by atoms with Gasteiger partial charge in [0.1, 0.15) is 5.84 Å². The SMILES string of the molecule is Cc1cc2c(c3ccccc3n2-c2ccccc2)c2c1c1cc(-n3c4cc(C5=CC(c6ccccc6)N(C)C(c6ccccc6)=N5)ccc4c4c3ccc3c5ccccc5n(-c5ccccc5)c34)ccc1n2-c1ccccc1. The van der Waals surface area contributed by atoms with Gasteiger partial charge in [0, 0.05) is 84.0 Å². The molecule has 0 radical (unpaired) electrons. The number of likely N-dealkylation sites (N-methyl/N-ethyl adjacent to an activating group) is 1. The first-order valence-electron chi connectivity index (χ1n) is 26.9. The Labute approximate surface area is 450 Å². The number of aryl methyl sites for hydroxylation is 1. The minimum atomic E-state index is -0.0302. The lowest BCUT2D eigenvalue weighted by Gasteiger charge is -2.33. The molecule has 368 valence electrons. The van der Waals surface area contributed by atoms with Gasteiger partial charge in [0.25, 0.3) is 0 Å². The second kappa shape index (κ2) is 17.2. The minimum absolute atomic E-state index is 0.0302. The lowest BCUT2D eigenvalue weighted by atomic mass is 9.98. The smallest absolute Gasteiger partial charge is 0.137 e. The van der Waals surface area contributed by atoms with E-state index in [1.165, 1.54) is 81.8 Å². The number of aromatic nitrogens is 4. The van der Waals surface area contributed by atoms with Crippen LogP contribution in [0.1, 0.15) is 28.3 Å². The molecule has 1 aliphatic heterocycles. The zero-order valence-corrected chi connectivity index (χ0v) is 43.1. The lowest BCUT2D eigenvalue weighted by molar-refractivity contribution is 0.435. The van der Waals surface area contributed by atoms with Gasteiger partial charge in [-0.2, -0.15) is 0 Å².